The fourth-order valence-electron chi connectivity index (χ4n) is 9.05. The van der Waals surface area contributed by atoms with Crippen LogP contribution in [0.15, 0.2) is 207 Å². The lowest BCUT2D eigenvalue weighted by Gasteiger charge is -2.21. The molecule has 0 heterocycles. The first-order chi connectivity index (χ1) is 50.7. The van der Waals surface area contributed by atoms with Crippen molar-refractivity contribution in [1.29, 1.82) is 0 Å². The summed E-state index contributed by atoms with van der Waals surface area (Å²) in [5.41, 5.74) is 0. The molecule has 0 aliphatic carbocycles. The number of hydrogen-bond acceptors (Lipinski definition) is 15. The summed E-state index contributed by atoms with van der Waals surface area (Å²) in [4.78, 5) is 72.8. The van der Waals surface area contributed by atoms with Crippen molar-refractivity contribution in [3.63, 3.8) is 0 Å². The van der Waals surface area contributed by atoms with Crippen LogP contribution in [0, 0.1) is 0 Å². The van der Waals surface area contributed by atoms with Crippen molar-refractivity contribution in [3.8, 4) is 0 Å². The zero-order chi connectivity index (χ0) is 76.0. The fourth-order valence-corrected chi connectivity index (χ4v) is 10.6. The number of aliphatic hydroxyl groups is 1. The molecule has 0 saturated carbocycles. The molecule has 0 amide bonds. The quantitative estimate of drug-likeness (QED) is 0.0169. The maximum Gasteiger partial charge on any atom is 0.472 e. The number of phosphoric ester groups is 2. The van der Waals surface area contributed by atoms with E-state index in [1.54, 1.807) is 12.2 Å². The summed E-state index contributed by atoms with van der Waals surface area (Å²) in [6.45, 7) is 4.17. The third-order valence-electron chi connectivity index (χ3n) is 14.8. The maximum absolute atomic E-state index is 13.1. The van der Waals surface area contributed by atoms with Gasteiger partial charge in [-0.2, -0.15) is 0 Å². The van der Waals surface area contributed by atoms with E-state index in [1.807, 2.05) is 30.4 Å². The molecule has 0 saturated heterocycles. The van der Waals surface area contributed by atoms with Gasteiger partial charge in [0.2, 0.25) is 0 Å². The molecule has 0 fully saturated rings. The highest BCUT2D eigenvalue weighted by molar-refractivity contribution is 7.47. The minimum atomic E-state index is -5.02. The van der Waals surface area contributed by atoms with Gasteiger partial charge in [0.25, 0.3) is 0 Å². The summed E-state index contributed by atoms with van der Waals surface area (Å²) in [5.74, 6) is -2.49. The number of unbranched alkanes of at least 4 members (excludes halogenated alkanes) is 10. The van der Waals surface area contributed by atoms with Crippen LogP contribution in [0.5, 0.6) is 0 Å². The Hall–Kier alpha value is -6.36. The first-order valence-electron chi connectivity index (χ1n) is 38.3. The molecule has 5 unspecified atom stereocenters. The van der Waals surface area contributed by atoms with Crippen LogP contribution in [0.1, 0.15) is 246 Å². The molecule has 0 aliphatic rings. The number of hydrogen-bond donors (Lipinski definition) is 3. The Morgan fingerprint density at radius 3 is 0.913 bits per heavy atom. The van der Waals surface area contributed by atoms with Gasteiger partial charge in [-0.15, -0.1) is 0 Å². The van der Waals surface area contributed by atoms with Crippen LogP contribution in [0.2, 0.25) is 0 Å². The van der Waals surface area contributed by atoms with E-state index in [2.05, 4.69) is 192 Å². The molecule has 5 atom stereocenters. The molecule has 584 valence electrons. The molecular formula is C85H132O17P2. The first-order valence-corrected chi connectivity index (χ1v) is 41.3. The molecule has 0 rings (SSSR count). The van der Waals surface area contributed by atoms with Crippen LogP contribution >= 0.6 is 15.6 Å². The summed E-state index contributed by atoms with van der Waals surface area (Å²) in [7, 11) is -10.0. The third kappa shape index (κ3) is 73.9. The minimum Gasteiger partial charge on any atom is -0.462 e. The molecule has 0 radical (unpaired) electrons. The number of carbonyl (C=O) groups excluding carboxylic acids is 4. The van der Waals surface area contributed by atoms with Gasteiger partial charge in [0, 0.05) is 19.3 Å². The first kappa shape index (κ1) is 97.6. The second-order valence-electron chi connectivity index (χ2n) is 24.5. The van der Waals surface area contributed by atoms with E-state index in [0.717, 1.165) is 161 Å². The van der Waals surface area contributed by atoms with E-state index in [-0.39, 0.29) is 25.7 Å². The van der Waals surface area contributed by atoms with E-state index in [9.17, 15) is 43.2 Å². The Morgan fingerprint density at radius 1 is 0.288 bits per heavy atom. The number of carbonyl (C=O) groups is 4. The number of phosphoric acid groups is 2. The number of ether oxygens (including phenoxy) is 4. The summed E-state index contributed by atoms with van der Waals surface area (Å²) in [6, 6.07) is 0. The molecule has 3 N–H and O–H groups in total. The van der Waals surface area contributed by atoms with E-state index in [0.29, 0.717) is 32.1 Å². The van der Waals surface area contributed by atoms with Crippen LogP contribution in [0.25, 0.3) is 0 Å². The van der Waals surface area contributed by atoms with Gasteiger partial charge in [-0.1, -0.05) is 273 Å². The molecule has 19 heteroatoms. The van der Waals surface area contributed by atoms with Crippen molar-refractivity contribution >= 4 is 39.5 Å². The van der Waals surface area contributed by atoms with Gasteiger partial charge >= 0.3 is 39.5 Å². The molecule has 17 nitrogen and oxygen atoms in total. The van der Waals surface area contributed by atoms with E-state index in [4.69, 9.17) is 37.0 Å². The molecular weight excluding hydrogens is 1350 g/mol. The van der Waals surface area contributed by atoms with Crippen molar-refractivity contribution in [2.24, 2.45) is 0 Å². The average molecular weight is 1490 g/mol. The number of rotatable bonds is 69. The second-order valence-corrected chi connectivity index (χ2v) is 27.4. The van der Waals surface area contributed by atoms with Crippen molar-refractivity contribution in [2.45, 2.75) is 264 Å². The van der Waals surface area contributed by atoms with Crippen molar-refractivity contribution in [3.05, 3.63) is 207 Å². The Morgan fingerprint density at radius 2 is 0.558 bits per heavy atom. The second kappa shape index (κ2) is 74.9. The zero-order valence-electron chi connectivity index (χ0n) is 63.6. The predicted octanol–water partition coefficient (Wildman–Crippen LogP) is 22.3. The highest BCUT2D eigenvalue weighted by Crippen LogP contribution is 2.45. The molecule has 0 aromatic heterocycles. The number of esters is 4. The summed E-state index contributed by atoms with van der Waals surface area (Å²) in [6.07, 6.45) is 93.0. The van der Waals surface area contributed by atoms with E-state index < -0.39 is 97.5 Å². The molecule has 0 aliphatic heterocycles. The van der Waals surface area contributed by atoms with Crippen molar-refractivity contribution in [1.82, 2.24) is 0 Å². The molecule has 0 aromatic rings. The average Bonchev–Trinajstić information content (AvgIpc) is 0.939. The fraction of sp³-hybridized carbons (Fsp3) is 0.553. The van der Waals surface area contributed by atoms with Gasteiger partial charge < -0.3 is 33.8 Å². The number of aliphatic hydroxyl groups excluding tert-OH is 1. The zero-order valence-corrected chi connectivity index (χ0v) is 65.4. The predicted molar refractivity (Wildman–Crippen MR) is 426 cm³/mol. The van der Waals surface area contributed by atoms with Gasteiger partial charge in [-0.25, -0.2) is 9.13 Å². The van der Waals surface area contributed by atoms with Gasteiger partial charge in [-0.3, -0.25) is 37.3 Å². The lowest BCUT2D eigenvalue weighted by molar-refractivity contribution is -0.161. The van der Waals surface area contributed by atoms with Crippen molar-refractivity contribution in [2.75, 3.05) is 39.6 Å². The van der Waals surface area contributed by atoms with E-state index >= 15 is 0 Å². The lowest BCUT2D eigenvalue weighted by atomic mass is 10.1. The number of allylic oxidation sites excluding steroid dienone is 33. The molecule has 104 heavy (non-hydrogen) atoms. The maximum atomic E-state index is 13.1. The smallest absolute Gasteiger partial charge is 0.462 e. The van der Waals surface area contributed by atoms with Crippen LogP contribution in [-0.4, -0.2) is 96.7 Å². The third-order valence-corrected chi connectivity index (χ3v) is 16.7. The molecule has 0 spiro atoms. The Bertz CT molecular complexity index is 2790. The Kier molecular flexibility index (Phi) is 70.3. The Balaban J connectivity index is 5.53. The highest BCUT2D eigenvalue weighted by Gasteiger charge is 2.30. The van der Waals surface area contributed by atoms with Gasteiger partial charge in [0.05, 0.1) is 32.8 Å². The lowest BCUT2D eigenvalue weighted by Crippen LogP contribution is -2.30. The summed E-state index contributed by atoms with van der Waals surface area (Å²) >= 11 is 0. The minimum absolute atomic E-state index is 0.0222. The highest BCUT2D eigenvalue weighted by atomic mass is 31.2. The summed E-state index contributed by atoms with van der Waals surface area (Å²) in [5, 5.41) is 10.6. The van der Waals surface area contributed by atoms with Crippen LogP contribution in [0.4, 0.5) is 0 Å². The van der Waals surface area contributed by atoms with Crippen LogP contribution in [-0.2, 0) is 65.4 Å². The molecule has 0 bridgehead atoms. The SMILES string of the molecule is CC/C=C\C/C=C\C/C=C\C/C=C\C/C=C\C/C=C\CCC(=O)OCC(COP(=O)(O)OCC(O)COP(=O)(O)OCC(COC(=O)CCCCCC/C=C\C/C=C\C/C=C\C/C=C\CC)OC(=O)C/C=C\C/C=C\C/C=C\C/C=C\C/C=C\CC)OC(=O)CCCCCCC/C=C\C/C=C\CCC. The van der Waals surface area contributed by atoms with Crippen LogP contribution < -0.4 is 0 Å². The summed E-state index contributed by atoms with van der Waals surface area (Å²) < 4.78 is 68.2. The topological polar surface area (TPSA) is 237 Å². The standard InChI is InChI=1S/C85H132O17P2/c1-5-9-13-17-21-25-29-33-36-38-39-41-44-47-50-54-58-62-66-70-83(88)95-75-80(101-84(89)71-67-63-59-55-51-45-32-28-24-20-16-12-8-4)77-99-103(91,92)97-73-79(86)74-98-104(93,94)100-78-81(102-85(90)72-68-64-60-56-52-48-42-35-31-27-23-19-15-11-7-3)76-96-82(87)69-65-61-57-53-49-46-43-40-37-34-30-26-22-18-14-10-6-2/h9-11,13-16,20-23,25-28,32-37,39,41-43,46-47,50,52,56,58,62,64,68,79-81,86H,5-8,12,17-19,24,29-31,38,40,44-45,48-49,51,53-55,57,59-61,63,65-67,69-78H2,1-4H3,(H,91,92)(H,93,94)/b13-9-,14-10-,15-11-,20-16-,25-21-,26-22-,27-23-,32-28-,36-33-,37-34-,41-39-,42-35-,46-43-,50-47-,56-52-,62-58-,68-64-. The van der Waals surface area contributed by atoms with Crippen LogP contribution in [0.3, 0.4) is 0 Å². The monoisotopic (exact) mass is 1490 g/mol. The van der Waals surface area contributed by atoms with Crippen molar-refractivity contribution < 1.29 is 80.2 Å². The van der Waals surface area contributed by atoms with Gasteiger partial charge in [0.1, 0.15) is 19.3 Å². The Labute approximate surface area is 627 Å². The van der Waals surface area contributed by atoms with Gasteiger partial charge in [-0.05, 0) is 154 Å². The normalized spacial score (nSPS) is 15.0. The van der Waals surface area contributed by atoms with Gasteiger partial charge in [0.15, 0.2) is 12.2 Å². The largest absolute Gasteiger partial charge is 0.472 e. The van der Waals surface area contributed by atoms with E-state index in [1.165, 1.54) is 0 Å². The molecule has 0 aromatic carbocycles.